The molecule has 0 aromatic carbocycles. The highest BCUT2D eigenvalue weighted by molar-refractivity contribution is 5.80. The largest absolute Gasteiger partial charge is 0.431 e. The lowest BCUT2D eigenvalue weighted by atomic mass is 10.1. The SMILES string of the molecule is CCCc1ccc(NCC(F)(F)F)nc1-c1nc2cc(C(F)(F)F)n(CC)c(=O)c2n1C. The molecule has 0 saturated heterocycles. The van der Waals surface area contributed by atoms with Crippen LogP contribution in [0.2, 0.25) is 0 Å². The number of hydrogen-bond donors (Lipinski definition) is 1. The van der Waals surface area contributed by atoms with Gasteiger partial charge in [-0.05, 0) is 31.0 Å². The van der Waals surface area contributed by atoms with Crippen LogP contribution in [-0.2, 0) is 26.2 Å². The van der Waals surface area contributed by atoms with E-state index in [2.05, 4.69) is 15.3 Å². The van der Waals surface area contributed by atoms with Crippen molar-refractivity contribution in [1.29, 1.82) is 0 Å². The van der Waals surface area contributed by atoms with E-state index in [1.165, 1.54) is 24.6 Å². The Morgan fingerprint density at radius 1 is 1.06 bits per heavy atom. The molecule has 0 fully saturated rings. The highest BCUT2D eigenvalue weighted by Gasteiger charge is 2.36. The van der Waals surface area contributed by atoms with Gasteiger partial charge in [-0.25, -0.2) is 9.97 Å². The van der Waals surface area contributed by atoms with Gasteiger partial charge in [-0.1, -0.05) is 19.4 Å². The van der Waals surface area contributed by atoms with Crippen LogP contribution in [-0.4, -0.2) is 31.8 Å². The number of hydrogen-bond acceptors (Lipinski definition) is 4. The molecule has 0 aliphatic rings. The summed E-state index contributed by atoms with van der Waals surface area (Å²) in [4.78, 5) is 21.3. The van der Waals surface area contributed by atoms with E-state index in [0.29, 0.717) is 23.0 Å². The molecule has 3 aromatic rings. The quantitative estimate of drug-likeness (QED) is 0.538. The average Bonchev–Trinajstić information content (AvgIpc) is 3.02. The number of aromatic nitrogens is 4. The molecule has 0 atom stereocenters. The molecule has 32 heavy (non-hydrogen) atoms. The highest BCUT2D eigenvalue weighted by Crippen LogP contribution is 2.32. The van der Waals surface area contributed by atoms with Gasteiger partial charge in [0.1, 0.15) is 29.3 Å². The first-order chi connectivity index (χ1) is 14.9. The second-order valence-electron chi connectivity index (χ2n) is 7.23. The van der Waals surface area contributed by atoms with Gasteiger partial charge in [0.05, 0.1) is 5.52 Å². The summed E-state index contributed by atoms with van der Waals surface area (Å²) in [7, 11) is 1.46. The van der Waals surface area contributed by atoms with Crippen molar-refractivity contribution in [2.24, 2.45) is 7.05 Å². The monoisotopic (exact) mass is 461 g/mol. The zero-order chi connectivity index (χ0) is 23.8. The number of halogens is 6. The van der Waals surface area contributed by atoms with E-state index in [4.69, 9.17) is 0 Å². The van der Waals surface area contributed by atoms with Crippen LogP contribution in [0.15, 0.2) is 23.0 Å². The van der Waals surface area contributed by atoms with Crippen molar-refractivity contribution in [2.45, 2.75) is 45.6 Å². The van der Waals surface area contributed by atoms with Crippen molar-refractivity contribution < 1.29 is 26.3 Å². The van der Waals surface area contributed by atoms with E-state index >= 15 is 0 Å². The van der Waals surface area contributed by atoms with Gasteiger partial charge in [-0.2, -0.15) is 26.3 Å². The van der Waals surface area contributed by atoms with Crippen LogP contribution in [0.5, 0.6) is 0 Å². The summed E-state index contributed by atoms with van der Waals surface area (Å²) in [6.45, 7) is 1.83. The Balaban J connectivity index is 2.23. The first kappa shape index (κ1) is 23.6. The summed E-state index contributed by atoms with van der Waals surface area (Å²) in [5.41, 5.74) is -1.34. The van der Waals surface area contributed by atoms with Crippen molar-refractivity contribution in [1.82, 2.24) is 19.1 Å². The van der Waals surface area contributed by atoms with Gasteiger partial charge in [0.25, 0.3) is 5.56 Å². The van der Waals surface area contributed by atoms with Crippen molar-refractivity contribution in [2.75, 3.05) is 11.9 Å². The third-order valence-electron chi connectivity index (χ3n) is 4.92. The summed E-state index contributed by atoms with van der Waals surface area (Å²) in [6, 6.07) is 3.79. The van der Waals surface area contributed by atoms with E-state index in [1.54, 1.807) is 6.07 Å². The van der Waals surface area contributed by atoms with E-state index in [-0.39, 0.29) is 34.9 Å². The van der Waals surface area contributed by atoms with Crippen molar-refractivity contribution in [3.8, 4) is 11.5 Å². The summed E-state index contributed by atoms with van der Waals surface area (Å²) < 4.78 is 80.1. The molecule has 0 spiro atoms. The van der Waals surface area contributed by atoms with Gasteiger partial charge in [-0.3, -0.25) is 4.79 Å². The van der Waals surface area contributed by atoms with Crippen LogP contribution >= 0.6 is 0 Å². The lowest BCUT2D eigenvalue weighted by Gasteiger charge is -2.14. The van der Waals surface area contributed by atoms with Gasteiger partial charge in [0.15, 0.2) is 5.82 Å². The number of anilines is 1. The number of aryl methyl sites for hydroxylation is 2. The zero-order valence-corrected chi connectivity index (χ0v) is 17.5. The predicted molar refractivity (Wildman–Crippen MR) is 107 cm³/mol. The number of imidazole rings is 1. The number of rotatable bonds is 6. The van der Waals surface area contributed by atoms with Crippen LogP contribution in [0, 0.1) is 0 Å². The predicted octanol–water partition coefficient (Wildman–Crippen LogP) is 4.76. The van der Waals surface area contributed by atoms with E-state index in [0.717, 1.165) is 6.07 Å². The molecule has 0 radical (unpaired) electrons. The molecule has 0 bridgehead atoms. The van der Waals surface area contributed by atoms with Crippen LogP contribution in [0.1, 0.15) is 31.5 Å². The molecule has 0 aliphatic heterocycles. The average molecular weight is 461 g/mol. The normalized spacial score (nSPS) is 12.5. The standard InChI is InChI=1S/C20H21F6N5O/c1-4-6-11-7-8-14(27-10-19(21,22)23)29-15(11)17-28-12-9-13(20(24,25)26)31(5-2)18(32)16(12)30(17)3/h7-9H,4-6,10H2,1-3H3,(H,27,29). The maximum absolute atomic E-state index is 13.5. The number of pyridine rings is 2. The molecular weight excluding hydrogens is 440 g/mol. The van der Waals surface area contributed by atoms with Crippen molar-refractivity contribution in [3.05, 3.63) is 39.8 Å². The molecule has 1 N–H and O–H groups in total. The second kappa shape index (κ2) is 8.47. The fraction of sp³-hybridized carbons (Fsp3) is 0.450. The minimum Gasteiger partial charge on any atom is -0.361 e. The van der Waals surface area contributed by atoms with Gasteiger partial charge in [-0.15, -0.1) is 0 Å². The van der Waals surface area contributed by atoms with Gasteiger partial charge in [0.2, 0.25) is 0 Å². The first-order valence-corrected chi connectivity index (χ1v) is 9.85. The lowest BCUT2D eigenvalue weighted by molar-refractivity contribution is -0.144. The third kappa shape index (κ3) is 4.58. The van der Waals surface area contributed by atoms with Crippen LogP contribution < -0.4 is 10.9 Å². The second-order valence-corrected chi connectivity index (χ2v) is 7.23. The maximum Gasteiger partial charge on any atom is 0.431 e. The number of nitrogens with zero attached hydrogens (tertiary/aromatic N) is 4. The number of nitrogens with one attached hydrogen (secondary N) is 1. The molecular formula is C20H21F6N5O. The fourth-order valence-electron chi connectivity index (χ4n) is 3.52. The first-order valence-electron chi connectivity index (χ1n) is 9.85. The van der Waals surface area contributed by atoms with Gasteiger partial charge >= 0.3 is 12.4 Å². The van der Waals surface area contributed by atoms with E-state index in [9.17, 15) is 31.1 Å². The van der Waals surface area contributed by atoms with Crippen molar-refractivity contribution >= 4 is 16.9 Å². The van der Waals surface area contributed by atoms with Crippen LogP contribution in [0.4, 0.5) is 32.2 Å². The van der Waals surface area contributed by atoms with Crippen LogP contribution in [0.25, 0.3) is 22.6 Å². The summed E-state index contributed by atoms with van der Waals surface area (Å²) in [5, 5.41) is 2.19. The minimum atomic E-state index is -4.76. The Labute approximate surface area is 178 Å². The zero-order valence-electron chi connectivity index (χ0n) is 17.5. The topological polar surface area (TPSA) is 64.7 Å². The van der Waals surface area contributed by atoms with Gasteiger partial charge in [0, 0.05) is 13.6 Å². The molecule has 3 aromatic heterocycles. The lowest BCUT2D eigenvalue weighted by Crippen LogP contribution is -2.28. The summed E-state index contributed by atoms with van der Waals surface area (Å²) in [5.74, 6) is 0.0318. The maximum atomic E-state index is 13.5. The number of alkyl halides is 6. The highest BCUT2D eigenvalue weighted by atomic mass is 19.4. The molecule has 174 valence electrons. The van der Waals surface area contributed by atoms with Crippen molar-refractivity contribution in [3.63, 3.8) is 0 Å². The molecule has 3 rings (SSSR count). The molecule has 0 unspecified atom stereocenters. The Morgan fingerprint density at radius 3 is 2.31 bits per heavy atom. The summed E-state index contributed by atoms with van der Waals surface area (Å²) in [6.07, 6.45) is -8.01. The minimum absolute atomic E-state index is 0.0484. The molecule has 12 heteroatoms. The van der Waals surface area contributed by atoms with Gasteiger partial charge < -0.3 is 14.5 Å². The molecule has 0 amide bonds. The van der Waals surface area contributed by atoms with E-state index in [1.807, 2.05) is 6.92 Å². The Morgan fingerprint density at radius 2 is 1.75 bits per heavy atom. The molecule has 6 nitrogen and oxygen atoms in total. The fourth-order valence-corrected chi connectivity index (χ4v) is 3.52. The Bertz CT molecular complexity index is 1190. The molecule has 3 heterocycles. The van der Waals surface area contributed by atoms with Crippen LogP contribution in [0.3, 0.4) is 0 Å². The smallest absolute Gasteiger partial charge is 0.361 e. The van der Waals surface area contributed by atoms with E-state index < -0.39 is 30.2 Å². The molecule has 0 aliphatic carbocycles. The third-order valence-corrected chi connectivity index (χ3v) is 4.92. The molecule has 0 saturated carbocycles. The Kier molecular flexibility index (Phi) is 6.25. The summed E-state index contributed by atoms with van der Waals surface area (Å²) >= 11 is 0. The number of fused-ring (bicyclic) bond motifs is 1. The Hall–Kier alpha value is -3.05.